The molecule has 2 aromatic carbocycles. The number of halogens is 2. The second kappa shape index (κ2) is 15.1. The molecule has 1 aliphatic heterocycles. The topological polar surface area (TPSA) is 91.8 Å². The van der Waals surface area contributed by atoms with Gasteiger partial charge in [0.05, 0.1) is 11.4 Å². The van der Waals surface area contributed by atoms with Gasteiger partial charge in [-0.05, 0) is 54.7 Å². The second-order valence-corrected chi connectivity index (χ2v) is 12.6. The highest BCUT2D eigenvalue weighted by Crippen LogP contribution is 2.24. The van der Waals surface area contributed by atoms with Crippen molar-refractivity contribution in [1.82, 2.24) is 14.8 Å². The van der Waals surface area contributed by atoms with Crippen molar-refractivity contribution in [1.29, 1.82) is 0 Å². The summed E-state index contributed by atoms with van der Waals surface area (Å²) in [5.74, 6) is -0.527. The van der Waals surface area contributed by atoms with Gasteiger partial charge in [-0.15, -0.1) is 0 Å². The first-order valence-electron chi connectivity index (χ1n) is 13.7. The fourth-order valence-electron chi connectivity index (χ4n) is 4.85. The molecular formula is C31H40F2N4O4S. The van der Waals surface area contributed by atoms with Gasteiger partial charge in [-0.3, -0.25) is 4.90 Å². The molecule has 1 fully saturated rings. The van der Waals surface area contributed by atoms with Crippen LogP contribution in [0, 0.1) is 11.6 Å². The Morgan fingerprint density at radius 1 is 1.07 bits per heavy atom. The highest BCUT2D eigenvalue weighted by Gasteiger charge is 2.28. The standard InChI is InChI=1S/C30H36F2N4O4S.CH4/c1-3-4-15-36(30(37)34-28-11-8-24(31)18-27(28)32)25-13-16-35(17-14-25)20-22-5-9-26(10-6-22)40-29-12-7-23(19-33-29)21-41(2,38)39;/h5-12,18-19,25H,3-4,13-17,20-21H2,1-2H3,(H,34,37);1H4. The van der Waals surface area contributed by atoms with Crippen LogP contribution >= 0.6 is 0 Å². The maximum Gasteiger partial charge on any atom is 0.322 e. The van der Waals surface area contributed by atoms with E-state index in [1.54, 1.807) is 17.0 Å². The fraction of sp³-hybridized carbons (Fsp3) is 0.419. The third kappa shape index (κ3) is 9.77. The monoisotopic (exact) mass is 602 g/mol. The lowest BCUT2D eigenvalue weighted by atomic mass is 10.0. The highest BCUT2D eigenvalue weighted by atomic mass is 32.2. The molecule has 42 heavy (non-hydrogen) atoms. The first kappa shape index (κ1) is 32.9. The maximum absolute atomic E-state index is 14.1. The molecule has 2 amide bonds. The summed E-state index contributed by atoms with van der Waals surface area (Å²) < 4.78 is 56.1. The van der Waals surface area contributed by atoms with Crippen molar-refractivity contribution in [3.63, 3.8) is 0 Å². The molecule has 4 rings (SSSR count). The van der Waals surface area contributed by atoms with Crippen molar-refractivity contribution in [3.05, 3.63) is 83.6 Å². The Morgan fingerprint density at radius 2 is 1.76 bits per heavy atom. The van der Waals surface area contributed by atoms with E-state index in [0.717, 1.165) is 63.0 Å². The molecule has 0 radical (unpaired) electrons. The number of rotatable bonds is 11. The molecule has 0 bridgehead atoms. The number of benzene rings is 2. The molecule has 3 aromatic rings. The van der Waals surface area contributed by atoms with Crippen LogP contribution in [0.2, 0.25) is 0 Å². The van der Waals surface area contributed by atoms with E-state index in [2.05, 4.69) is 22.1 Å². The number of hydrogen-bond acceptors (Lipinski definition) is 6. The van der Waals surface area contributed by atoms with Crippen LogP contribution in [0.5, 0.6) is 11.6 Å². The summed E-state index contributed by atoms with van der Waals surface area (Å²) >= 11 is 0. The van der Waals surface area contributed by atoms with Gasteiger partial charge in [0, 0.05) is 56.8 Å². The van der Waals surface area contributed by atoms with Crippen LogP contribution in [0.4, 0.5) is 19.3 Å². The van der Waals surface area contributed by atoms with Gasteiger partial charge in [-0.25, -0.2) is 27.0 Å². The second-order valence-electron chi connectivity index (χ2n) is 10.4. The Labute approximate surface area is 247 Å². The molecular weight excluding hydrogens is 562 g/mol. The van der Waals surface area contributed by atoms with Crippen molar-refractivity contribution in [2.75, 3.05) is 31.2 Å². The summed E-state index contributed by atoms with van der Waals surface area (Å²) in [6, 6.07) is 13.9. The highest BCUT2D eigenvalue weighted by molar-refractivity contribution is 7.89. The Balaban J connectivity index is 0.00000484. The SMILES string of the molecule is C.CCCCN(C(=O)Nc1ccc(F)cc1F)C1CCN(Cc2ccc(Oc3ccc(CS(C)(=O)=O)cn3)cc2)CC1. The van der Waals surface area contributed by atoms with Crippen LogP contribution in [-0.4, -0.2) is 61.2 Å². The molecule has 0 saturated carbocycles. The number of sulfone groups is 1. The van der Waals surface area contributed by atoms with Crippen LogP contribution in [-0.2, 0) is 22.1 Å². The van der Waals surface area contributed by atoms with Gasteiger partial charge in [-0.1, -0.05) is 39.0 Å². The lowest BCUT2D eigenvalue weighted by molar-refractivity contribution is 0.122. The van der Waals surface area contributed by atoms with Gasteiger partial charge in [-0.2, -0.15) is 0 Å². The van der Waals surface area contributed by atoms with E-state index in [1.807, 2.05) is 24.3 Å². The van der Waals surface area contributed by atoms with Crippen molar-refractivity contribution in [3.8, 4) is 11.6 Å². The first-order valence-corrected chi connectivity index (χ1v) is 15.8. The third-order valence-corrected chi connectivity index (χ3v) is 7.82. The number of ether oxygens (including phenoxy) is 1. The number of unbranched alkanes of at least 4 members (excludes halogenated alkanes) is 1. The molecule has 1 N–H and O–H groups in total. The number of carbonyl (C=O) groups excluding carboxylic acids is 1. The van der Waals surface area contributed by atoms with E-state index in [1.165, 1.54) is 18.5 Å². The van der Waals surface area contributed by atoms with Crippen molar-refractivity contribution >= 4 is 21.6 Å². The Bertz CT molecular complexity index is 1410. The summed E-state index contributed by atoms with van der Waals surface area (Å²) in [6.45, 7) is 5.02. The molecule has 228 valence electrons. The minimum Gasteiger partial charge on any atom is -0.439 e. The molecule has 0 atom stereocenters. The Morgan fingerprint density at radius 3 is 2.36 bits per heavy atom. The predicted octanol–water partition coefficient (Wildman–Crippen LogP) is 6.63. The van der Waals surface area contributed by atoms with Gasteiger partial charge in [0.1, 0.15) is 17.4 Å². The number of piperidine rings is 1. The van der Waals surface area contributed by atoms with Crippen LogP contribution in [0.15, 0.2) is 60.8 Å². The van der Waals surface area contributed by atoms with E-state index >= 15 is 0 Å². The van der Waals surface area contributed by atoms with Crippen molar-refractivity contribution < 1.29 is 26.7 Å². The van der Waals surface area contributed by atoms with Crippen LogP contribution < -0.4 is 10.1 Å². The molecule has 1 aliphatic rings. The normalized spacial score (nSPS) is 14.2. The number of carbonyl (C=O) groups is 1. The minimum absolute atomic E-state index is 0. The number of likely N-dealkylation sites (tertiary alicyclic amines) is 1. The number of nitrogens with one attached hydrogen (secondary N) is 1. The fourth-order valence-corrected chi connectivity index (χ4v) is 5.62. The number of nitrogens with zero attached hydrogens (tertiary/aromatic N) is 3. The molecule has 0 unspecified atom stereocenters. The van der Waals surface area contributed by atoms with E-state index in [0.29, 0.717) is 23.7 Å². The van der Waals surface area contributed by atoms with E-state index in [-0.39, 0.29) is 30.9 Å². The average Bonchev–Trinajstić information content (AvgIpc) is 2.93. The van der Waals surface area contributed by atoms with Gasteiger partial charge >= 0.3 is 6.03 Å². The van der Waals surface area contributed by atoms with E-state index in [9.17, 15) is 22.0 Å². The zero-order valence-corrected chi connectivity index (χ0v) is 24.2. The summed E-state index contributed by atoms with van der Waals surface area (Å²) in [6.07, 6.45) is 6.05. The predicted molar refractivity (Wildman–Crippen MR) is 161 cm³/mol. The largest absolute Gasteiger partial charge is 0.439 e. The zero-order valence-electron chi connectivity index (χ0n) is 23.4. The van der Waals surface area contributed by atoms with Crippen molar-refractivity contribution in [2.45, 2.75) is 58.4 Å². The summed E-state index contributed by atoms with van der Waals surface area (Å²) in [5.41, 5.74) is 1.71. The number of pyridine rings is 1. The average molecular weight is 603 g/mol. The number of anilines is 1. The van der Waals surface area contributed by atoms with E-state index in [4.69, 9.17) is 4.74 Å². The number of urea groups is 1. The quantitative estimate of drug-likeness (QED) is 0.265. The molecule has 8 nitrogen and oxygen atoms in total. The lowest BCUT2D eigenvalue weighted by Crippen LogP contribution is -2.49. The molecule has 11 heteroatoms. The minimum atomic E-state index is -3.12. The van der Waals surface area contributed by atoms with Gasteiger partial charge in [0.15, 0.2) is 9.84 Å². The third-order valence-electron chi connectivity index (χ3n) is 6.96. The van der Waals surface area contributed by atoms with E-state index < -0.39 is 21.5 Å². The van der Waals surface area contributed by atoms with Crippen LogP contribution in [0.1, 0.15) is 51.2 Å². The van der Waals surface area contributed by atoms with Gasteiger partial charge in [0.25, 0.3) is 0 Å². The molecule has 1 aromatic heterocycles. The Hall–Kier alpha value is -3.57. The molecule has 1 saturated heterocycles. The lowest BCUT2D eigenvalue weighted by Gasteiger charge is -2.38. The van der Waals surface area contributed by atoms with Crippen LogP contribution in [0.25, 0.3) is 0 Å². The summed E-state index contributed by atoms with van der Waals surface area (Å²) in [4.78, 5) is 21.4. The maximum atomic E-state index is 14.1. The van der Waals surface area contributed by atoms with Crippen molar-refractivity contribution in [2.24, 2.45) is 0 Å². The first-order chi connectivity index (χ1) is 19.6. The molecule has 0 spiro atoms. The summed E-state index contributed by atoms with van der Waals surface area (Å²) in [7, 11) is -3.12. The summed E-state index contributed by atoms with van der Waals surface area (Å²) in [5, 5.41) is 2.62. The van der Waals surface area contributed by atoms with Gasteiger partial charge < -0.3 is 15.0 Å². The zero-order chi connectivity index (χ0) is 29.4. The number of amides is 2. The Kier molecular flexibility index (Phi) is 11.8. The smallest absolute Gasteiger partial charge is 0.322 e. The number of hydrogen-bond donors (Lipinski definition) is 1. The van der Waals surface area contributed by atoms with Crippen LogP contribution in [0.3, 0.4) is 0 Å². The molecule has 2 heterocycles. The number of aromatic nitrogens is 1. The van der Waals surface area contributed by atoms with Gasteiger partial charge in [0.2, 0.25) is 5.88 Å². The molecule has 0 aliphatic carbocycles.